The molecular weight excluding hydrogens is 232 g/mol. The number of carbonyl (C=O) groups excluding carboxylic acids is 1. The molecule has 0 aliphatic heterocycles. The maximum Gasteiger partial charge on any atom is 0.328 e. The minimum absolute atomic E-state index is 0.168. The third-order valence-electron chi connectivity index (χ3n) is 2.63. The van der Waals surface area contributed by atoms with Crippen molar-refractivity contribution in [3.63, 3.8) is 0 Å². The number of rotatable bonds is 4. The number of methoxy groups -OCH3 is 1. The second kappa shape index (κ2) is 5.66. The van der Waals surface area contributed by atoms with Gasteiger partial charge in [-0.3, -0.25) is 0 Å². The third-order valence-corrected chi connectivity index (χ3v) is 2.63. The summed E-state index contributed by atoms with van der Waals surface area (Å²) in [7, 11) is 1.35. The van der Waals surface area contributed by atoms with Gasteiger partial charge in [-0.05, 0) is 13.8 Å². The van der Waals surface area contributed by atoms with E-state index in [-0.39, 0.29) is 11.9 Å². The molecule has 0 aliphatic carbocycles. The molecule has 0 saturated heterocycles. The van der Waals surface area contributed by atoms with Crippen LogP contribution in [0.1, 0.15) is 38.1 Å². The second-order valence-electron chi connectivity index (χ2n) is 4.48. The van der Waals surface area contributed by atoms with E-state index in [9.17, 15) is 4.79 Å². The number of hydrogen-bond acceptors (Lipinski definition) is 6. The Bertz CT molecular complexity index is 446. The van der Waals surface area contributed by atoms with Crippen LogP contribution >= 0.6 is 0 Å². The lowest BCUT2D eigenvalue weighted by atomic mass is 10.2. The van der Waals surface area contributed by atoms with Crippen molar-refractivity contribution in [2.75, 3.05) is 18.2 Å². The van der Waals surface area contributed by atoms with E-state index in [1.54, 1.807) is 6.92 Å². The van der Waals surface area contributed by atoms with Gasteiger partial charge >= 0.3 is 5.97 Å². The summed E-state index contributed by atoms with van der Waals surface area (Å²) in [5.74, 6) is 1.47. The second-order valence-corrected chi connectivity index (χ2v) is 4.48. The van der Waals surface area contributed by atoms with Crippen LogP contribution in [0.2, 0.25) is 0 Å². The van der Waals surface area contributed by atoms with Gasteiger partial charge in [-0.2, -0.15) is 0 Å². The molecule has 0 amide bonds. The van der Waals surface area contributed by atoms with Crippen molar-refractivity contribution in [1.29, 1.82) is 0 Å². The fraction of sp³-hybridized carbons (Fsp3) is 0.583. The molecule has 1 unspecified atom stereocenters. The zero-order chi connectivity index (χ0) is 13.9. The van der Waals surface area contributed by atoms with Gasteiger partial charge in [0.05, 0.1) is 7.11 Å². The fourth-order valence-corrected chi connectivity index (χ4v) is 1.39. The number of hydrogen-bond donors (Lipinski definition) is 2. The minimum Gasteiger partial charge on any atom is -0.467 e. The van der Waals surface area contributed by atoms with E-state index in [4.69, 9.17) is 5.73 Å². The molecule has 1 aromatic rings. The Kier molecular flexibility index (Phi) is 4.47. The molecule has 1 heterocycles. The van der Waals surface area contributed by atoms with Gasteiger partial charge in [-0.15, -0.1) is 0 Å². The standard InChI is InChI=1S/C12H20N4O2/c1-6(2)10-15-9(13)7(3)11(16-10)14-8(4)12(17)18-5/h6,8H,1-5H3,(H3,13,14,15,16). The van der Waals surface area contributed by atoms with Gasteiger partial charge in [0.1, 0.15) is 23.5 Å². The van der Waals surface area contributed by atoms with E-state index >= 15 is 0 Å². The van der Waals surface area contributed by atoms with Gasteiger partial charge in [0.2, 0.25) is 0 Å². The number of esters is 1. The highest BCUT2D eigenvalue weighted by atomic mass is 16.5. The van der Waals surface area contributed by atoms with Crippen LogP contribution in [0.4, 0.5) is 11.6 Å². The lowest BCUT2D eigenvalue weighted by molar-refractivity contribution is -0.141. The highest BCUT2D eigenvalue weighted by Crippen LogP contribution is 2.21. The zero-order valence-electron chi connectivity index (χ0n) is 11.4. The van der Waals surface area contributed by atoms with E-state index in [1.165, 1.54) is 7.11 Å². The van der Waals surface area contributed by atoms with Crippen LogP contribution in [0, 0.1) is 6.92 Å². The molecule has 0 radical (unpaired) electrons. The summed E-state index contributed by atoms with van der Waals surface area (Å²) in [6, 6.07) is -0.483. The smallest absolute Gasteiger partial charge is 0.328 e. The highest BCUT2D eigenvalue weighted by molar-refractivity contribution is 5.78. The Morgan fingerprint density at radius 3 is 2.44 bits per heavy atom. The van der Waals surface area contributed by atoms with Gasteiger partial charge in [-0.25, -0.2) is 14.8 Å². The SMILES string of the molecule is COC(=O)C(C)Nc1nc(C(C)C)nc(N)c1C. The van der Waals surface area contributed by atoms with Crippen molar-refractivity contribution >= 4 is 17.6 Å². The van der Waals surface area contributed by atoms with E-state index in [0.29, 0.717) is 17.5 Å². The summed E-state index contributed by atoms with van der Waals surface area (Å²) < 4.78 is 4.66. The Morgan fingerprint density at radius 2 is 1.94 bits per heavy atom. The molecule has 18 heavy (non-hydrogen) atoms. The molecule has 0 saturated carbocycles. The molecule has 100 valence electrons. The quantitative estimate of drug-likeness (QED) is 0.788. The Balaban J connectivity index is 3.04. The first-order chi connectivity index (χ1) is 8.36. The summed E-state index contributed by atoms with van der Waals surface area (Å²) in [6.45, 7) is 7.49. The lowest BCUT2D eigenvalue weighted by Gasteiger charge is -2.16. The number of anilines is 2. The molecule has 6 heteroatoms. The number of nitrogens with one attached hydrogen (secondary N) is 1. The molecule has 0 bridgehead atoms. The molecule has 1 aromatic heterocycles. The molecule has 1 atom stereocenters. The molecular formula is C12H20N4O2. The number of nitrogens with two attached hydrogens (primary N) is 1. The Morgan fingerprint density at radius 1 is 1.33 bits per heavy atom. The van der Waals surface area contributed by atoms with Crippen LogP contribution in [0.3, 0.4) is 0 Å². The van der Waals surface area contributed by atoms with E-state index < -0.39 is 6.04 Å². The summed E-state index contributed by atoms with van der Waals surface area (Å²) in [6.07, 6.45) is 0. The van der Waals surface area contributed by atoms with Crippen LogP contribution in [0.15, 0.2) is 0 Å². The first kappa shape index (κ1) is 14.2. The largest absolute Gasteiger partial charge is 0.467 e. The van der Waals surface area contributed by atoms with Gasteiger partial charge in [-0.1, -0.05) is 13.8 Å². The van der Waals surface area contributed by atoms with Gasteiger partial charge in [0.15, 0.2) is 0 Å². The van der Waals surface area contributed by atoms with Gasteiger partial charge in [0.25, 0.3) is 0 Å². The summed E-state index contributed by atoms with van der Waals surface area (Å²) in [4.78, 5) is 20.0. The lowest BCUT2D eigenvalue weighted by Crippen LogP contribution is -2.28. The topological polar surface area (TPSA) is 90.1 Å². The molecule has 0 spiro atoms. The molecule has 6 nitrogen and oxygen atoms in total. The average molecular weight is 252 g/mol. The monoisotopic (exact) mass is 252 g/mol. The predicted octanol–water partition coefficient (Wildman–Crippen LogP) is 1.46. The summed E-state index contributed by atoms with van der Waals surface area (Å²) >= 11 is 0. The Labute approximate surface area is 107 Å². The zero-order valence-corrected chi connectivity index (χ0v) is 11.4. The number of nitrogen functional groups attached to an aromatic ring is 1. The molecule has 0 aromatic carbocycles. The van der Waals surface area contributed by atoms with Crippen LogP contribution in [-0.2, 0) is 9.53 Å². The highest BCUT2D eigenvalue weighted by Gasteiger charge is 2.17. The fourth-order valence-electron chi connectivity index (χ4n) is 1.39. The van der Waals surface area contributed by atoms with Gasteiger partial charge in [0, 0.05) is 11.5 Å². The van der Waals surface area contributed by atoms with Crippen molar-refractivity contribution in [3.8, 4) is 0 Å². The summed E-state index contributed by atoms with van der Waals surface area (Å²) in [5, 5.41) is 2.99. The molecule has 1 rings (SSSR count). The maximum atomic E-state index is 11.4. The van der Waals surface area contributed by atoms with Crippen LogP contribution in [-0.4, -0.2) is 29.1 Å². The predicted molar refractivity (Wildman–Crippen MR) is 70.4 cm³/mol. The maximum absolute atomic E-state index is 11.4. The minimum atomic E-state index is -0.483. The van der Waals surface area contributed by atoms with E-state index in [2.05, 4.69) is 20.0 Å². The van der Waals surface area contributed by atoms with Gasteiger partial charge < -0.3 is 15.8 Å². The first-order valence-corrected chi connectivity index (χ1v) is 5.85. The van der Waals surface area contributed by atoms with Crippen molar-refractivity contribution in [3.05, 3.63) is 11.4 Å². The number of ether oxygens (including phenoxy) is 1. The van der Waals surface area contributed by atoms with Crippen LogP contribution in [0.5, 0.6) is 0 Å². The molecule has 0 aliphatic rings. The third kappa shape index (κ3) is 3.09. The van der Waals surface area contributed by atoms with Crippen molar-refractivity contribution in [2.24, 2.45) is 0 Å². The molecule has 3 N–H and O–H groups in total. The van der Waals surface area contributed by atoms with Crippen molar-refractivity contribution < 1.29 is 9.53 Å². The normalized spacial score (nSPS) is 12.3. The molecule has 0 fully saturated rings. The average Bonchev–Trinajstić information content (AvgIpc) is 2.33. The summed E-state index contributed by atoms with van der Waals surface area (Å²) in [5.41, 5.74) is 6.57. The van der Waals surface area contributed by atoms with Crippen LogP contribution < -0.4 is 11.1 Å². The van der Waals surface area contributed by atoms with Crippen molar-refractivity contribution in [2.45, 2.75) is 39.7 Å². The van der Waals surface area contributed by atoms with E-state index in [0.717, 1.165) is 5.56 Å². The van der Waals surface area contributed by atoms with Crippen molar-refractivity contribution in [1.82, 2.24) is 9.97 Å². The Hall–Kier alpha value is -1.85. The number of nitrogens with zero attached hydrogens (tertiary/aromatic N) is 2. The number of aromatic nitrogens is 2. The number of carbonyl (C=O) groups is 1. The van der Waals surface area contributed by atoms with E-state index in [1.807, 2.05) is 20.8 Å². The first-order valence-electron chi connectivity index (χ1n) is 5.85. The van der Waals surface area contributed by atoms with Crippen LogP contribution in [0.25, 0.3) is 0 Å².